The van der Waals surface area contributed by atoms with Crippen molar-refractivity contribution in [3.8, 4) is 0 Å². The van der Waals surface area contributed by atoms with Crippen molar-refractivity contribution in [3.05, 3.63) is 53.0 Å². The second kappa shape index (κ2) is 7.00. The Kier molecular flexibility index (Phi) is 4.22. The van der Waals surface area contributed by atoms with Crippen LogP contribution in [0.2, 0.25) is 0 Å². The number of nitrogens with one attached hydrogen (secondary N) is 2. The van der Waals surface area contributed by atoms with E-state index in [9.17, 15) is 9.18 Å². The maximum atomic E-state index is 14.3. The van der Waals surface area contributed by atoms with Crippen LogP contribution in [0.1, 0.15) is 21.8 Å². The Bertz CT molecular complexity index is 1320. The van der Waals surface area contributed by atoms with Gasteiger partial charge in [-0.2, -0.15) is 0 Å². The molecule has 4 aromatic rings. The molecule has 0 radical (unpaired) electrons. The first kappa shape index (κ1) is 18.7. The van der Waals surface area contributed by atoms with Gasteiger partial charge in [0.1, 0.15) is 10.6 Å². The second-order valence-electron chi connectivity index (χ2n) is 8.33. The normalized spacial score (nSPS) is 20.6. The van der Waals surface area contributed by atoms with Crippen LogP contribution < -0.4 is 15.5 Å². The lowest BCUT2D eigenvalue weighted by atomic mass is 10.1. The van der Waals surface area contributed by atoms with Crippen LogP contribution in [0.15, 0.2) is 36.7 Å². The Morgan fingerprint density at radius 2 is 2.16 bits per heavy atom. The highest BCUT2D eigenvalue weighted by Crippen LogP contribution is 2.31. The van der Waals surface area contributed by atoms with Crippen LogP contribution in [-0.2, 0) is 0 Å². The fourth-order valence-electron chi connectivity index (χ4n) is 4.67. The number of thiophene rings is 1. The molecule has 6 rings (SSSR count). The summed E-state index contributed by atoms with van der Waals surface area (Å²) in [6.07, 6.45) is 4.61. The fraction of sp³-hybridized carbons (Fsp3) is 0.318. The van der Waals surface area contributed by atoms with Gasteiger partial charge in [-0.15, -0.1) is 11.3 Å². The van der Waals surface area contributed by atoms with Gasteiger partial charge in [0.05, 0.1) is 16.3 Å². The first-order chi connectivity index (χ1) is 15.0. The molecule has 0 bridgehead atoms. The molecule has 2 saturated heterocycles. The molecule has 0 aliphatic carbocycles. The molecule has 2 fully saturated rings. The molecular formula is C22H21FN6OS. The molecule has 31 heavy (non-hydrogen) atoms. The van der Waals surface area contributed by atoms with Crippen LogP contribution in [0.5, 0.6) is 0 Å². The number of pyridine rings is 2. The van der Waals surface area contributed by atoms with Gasteiger partial charge >= 0.3 is 0 Å². The van der Waals surface area contributed by atoms with Gasteiger partial charge in [0.15, 0.2) is 11.5 Å². The standard InChI is InChI=1S/C22H21FN6OS/c1-12-8-29-10-15(7-16(23)20(29)25-12)26-21(30)18-6-13-2-3-19(27-22(13)31-18)28-9-14-4-5-24-17(14)11-28/h2-3,6-8,10,14,17,24H,4-5,9,11H2,1H3,(H,26,30). The van der Waals surface area contributed by atoms with Crippen LogP contribution in [0.4, 0.5) is 15.9 Å². The molecule has 2 N–H and O–H groups in total. The first-order valence-electron chi connectivity index (χ1n) is 10.4. The summed E-state index contributed by atoms with van der Waals surface area (Å²) in [5, 5.41) is 7.29. The van der Waals surface area contributed by atoms with Gasteiger partial charge < -0.3 is 19.9 Å². The van der Waals surface area contributed by atoms with Crippen molar-refractivity contribution < 1.29 is 9.18 Å². The fourth-order valence-corrected chi connectivity index (χ4v) is 5.59. The highest BCUT2D eigenvalue weighted by atomic mass is 32.1. The van der Waals surface area contributed by atoms with Gasteiger partial charge in [0.25, 0.3) is 5.91 Å². The Hall–Kier alpha value is -3.04. The Balaban J connectivity index is 1.24. The van der Waals surface area contributed by atoms with E-state index in [1.54, 1.807) is 23.7 Å². The summed E-state index contributed by atoms with van der Waals surface area (Å²) in [5.41, 5.74) is 1.34. The van der Waals surface area contributed by atoms with E-state index in [1.165, 1.54) is 23.8 Å². The monoisotopic (exact) mass is 436 g/mol. The number of aryl methyl sites for hydroxylation is 1. The maximum absolute atomic E-state index is 14.3. The number of carbonyl (C=O) groups is 1. The van der Waals surface area contributed by atoms with E-state index in [1.807, 2.05) is 18.2 Å². The minimum atomic E-state index is -0.474. The molecule has 2 atom stereocenters. The molecule has 158 valence electrons. The van der Waals surface area contributed by atoms with Crippen LogP contribution in [-0.4, -0.2) is 46.0 Å². The zero-order chi connectivity index (χ0) is 21.1. The lowest BCUT2D eigenvalue weighted by molar-refractivity contribution is 0.103. The predicted molar refractivity (Wildman–Crippen MR) is 120 cm³/mol. The molecule has 0 saturated carbocycles. The second-order valence-corrected chi connectivity index (χ2v) is 9.36. The summed E-state index contributed by atoms with van der Waals surface area (Å²) in [7, 11) is 0. The molecule has 6 heterocycles. The first-order valence-corrected chi connectivity index (χ1v) is 11.2. The SMILES string of the molecule is Cc1cn2cc(NC(=O)c3cc4ccc(N5CC6CCNC6C5)nc4s3)cc(F)c2n1. The summed E-state index contributed by atoms with van der Waals surface area (Å²) in [4.78, 5) is 25.5. The Morgan fingerprint density at radius 1 is 1.26 bits per heavy atom. The molecule has 0 aromatic carbocycles. The largest absolute Gasteiger partial charge is 0.355 e. The predicted octanol–water partition coefficient (Wildman–Crippen LogP) is 3.44. The molecule has 2 aliphatic rings. The molecule has 7 nitrogen and oxygen atoms in total. The van der Waals surface area contributed by atoms with Crippen LogP contribution in [0.25, 0.3) is 15.9 Å². The molecular weight excluding hydrogens is 415 g/mol. The van der Waals surface area contributed by atoms with Gasteiger partial charge in [-0.1, -0.05) is 0 Å². The van der Waals surface area contributed by atoms with Crippen molar-refractivity contribution in [2.45, 2.75) is 19.4 Å². The van der Waals surface area contributed by atoms with Gasteiger partial charge in [-0.25, -0.2) is 14.4 Å². The molecule has 2 unspecified atom stereocenters. The van der Waals surface area contributed by atoms with E-state index in [4.69, 9.17) is 4.98 Å². The average Bonchev–Trinajstić information content (AvgIpc) is 3.48. The van der Waals surface area contributed by atoms with E-state index >= 15 is 0 Å². The molecule has 0 spiro atoms. The van der Waals surface area contributed by atoms with Crippen LogP contribution in [0, 0.1) is 18.7 Å². The number of aromatic nitrogens is 3. The van der Waals surface area contributed by atoms with Crippen molar-refractivity contribution in [3.63, 3.8) is 0 Å². The summed E-state index contributed by atoms with van der Waals surface area (Å²) >= 11 is 1.35. The summed E-state index contributed by atoms with van der Waals surface area (Å²) in [6, 6.07) is 7.73. The maximum Gasteiger partial charge on any atom is 0.265 e. The van der Waals surface area contributed by atoms with Crippen molar-refractivity contribution in [1.29, 1.82) is 0 Å². The zero-order valence-corrected chi connectivity index (χ0v) is 17.7. The molecule has 2 aliphatic heterocycles. The summed E-state index contributed by atoms with van der Waals surface area (Å²) in [5.74, 6) is 0.901. The summed E-state index contributed by atoms with van der Waals surface area (Å²) in [6.45, 7) is 4.91. The topological polar surface area (TPSA) is 74.6 Å². The lowest BCUT2D eigenvalue weighted by Gasteiger charge is -2.18. The van der Waals surface area contributed by atoms with Crippen molar-refractivity contribution in [1.82, 2.24) is 19.7 Å². The Labute approximate surface area is 181 Å². The lowest BCUT2D eigenvalue weighted by Crippen LogP contribution is -2.30. The van der Waals surface area contributed by atoms with E-state index in [0.29, 0.717) is 28.2 Å². The third kappa shape index (κ3) is 3.24. The number of rotatable bonds is 3. The van der Waals surface area contributed by atoms with Gasteiger partial charge in [-0.3, -0.25) is 4.79 Å². The quantitative estimate of drug-likeness (QED) is 0.515. The number of hydrogen-bond donors (Lipinski definition) is 2. The van der Waals surface area contributed by atoms with Gasteiger partial charge in [-0.05, 0) is 44.0 Å². The third-order valence-corrected chi connectivity index (χ3v) is 7.21. The molecule has 9 heteroatoms. The highest BCUT2D eigenvalue weighted by Gasteiger charge is 2.36. The van der Waals surface area contributed by atoms with E-state index < -0.39 is 5.82 Å². The highest BCUT2D eigenvalue weighted by molar-refractivity contribution is 7.20. The Morgan fingerprint density at radius 3 is 3.03 bits per heavy atom. The number of nitrogens with zero attached hydrogens (tertiary/aromatic N) is 4. The third-order valence-electron chi connectivity index (χ3n) is 6.16. The number of fused-ring (bicyclic) bond motifs is 3. The minimum Gasteiger partial charge on any atom is -0.355 e. The number of amides is 1. The summed E-state index contributed by atoms with van der Waals surface area (Å²) < 4.78 is 15.9. The van der Waals surface area contributed by atoms with Gasteiger partial charge in [0, 0.05) is 43.0 Å². The smallest absolute Gasteiger partial charge is 0.265 e. The number of halogens is 1. The van der Waals surface area contributed by atoms with E-state index in [0.717, 1.165) is 35.7 Å². The van der Waals surface area contributed by atoms with Crippen LogP contribution >= 0.6 is 11.3 Å². The van der Waals surface area contributed by atoms with Crippen molar-refractivity contribution in [2.24, 2.45) is 5.92 Å². The number of anilines is 2. The number of carbonyl (C=O) groups excluding carboxylic acids is 1. The van der Waals surface area contributed by atoms with Crippen molar-refractivity contribution in [2.75, 3.05) is 29.9 Å². The minimum absolute atomic E-state index is 0.246. The van der Waals surface area contributed by atoms with Crippen molar-refractivity contribution >= 4 is 44.6 Å². The average molecular weight is 437 g/mol. The zero-order valence-electron chi connectivity index (χ0n) is 16.9. The van der Waals surface area contributed by atoms with E-state index in [-0.39, 0.29) is 11.6 Å². The van der Waals surface area contributed by atoms with Crippen LogP contribution in [0.3, 0.4) is 0 Å². The number of imidazole rings is 1. The van der Waals surface area contributed by atoms with E-state index in [2.05, 4.69) is 20.5 Å². The van der Waals surface area contributed by atoms with Gasteiger partial charge in [0.2, 0.25) is 0 Å². The molecule has 4 aromatic heterocycles. The molecule has 1 amide bonds. The number of hydrogen-bond acceptors (Lipinski definition) is 6.